The summed E-state index contributed by atoms with van der Waals surface area (Å²) >= 11 is 0. The molecule has 0 unspecified atom stereocenters. The van der Waals surface area contributed by atoms with Crippen molar-refractivity contribution >= 4 is 17.9 Å². The van der Waals surface area contributed by atoms with Gasteiger partial charge in [0.25, 0.3) is 5.91 Å². The van der Waals surface area contributed by atoms with Gasteiger partial charge in [-0.25, -0.2) is 9.59 Å². The molecule has 7 nitrogen and oxygen atoms in total. The summed E-state index contributed by atoms with van der Waals surface area (Å²) in [6.45, 7) is 6.72. The van der Waals surface area contributed by atoms with Gasteiger partial charge in [0, 0.05) is 25.2 Å². The Morgan fingerprint density at radius 1 is 1.18 bits per heavy atom. The van der Waals surface area contributed by atoms with Gasteiger partial charge in [-0.3, -0.25) is 4.79 Å². The van der Waals surface area contributed by atoms with Crippen molar-refractivity contribution in [1.29, 1.82) is 0 Å². The quantitative estimate of drug-likeness (QED) is 0.702. The summed E-state index contributed by atoms with van der Waals surface area (Å²) in [4.78, 5) is 38.0. The molecule has 28 heavy (non-hydrogen) atoms. The minimum Gasteiger partial charge on any atom is -0.452 e. The number of nitrogens with one attached hydrogen (secondary N) is 2. The predicted octanol–water partition coefficient (Wildman–Crippen LogP) is 2.84. The van der Waals surface area contributed by atoms with Gasteiger partial charge in [-0.05, 0) is 57.2 Å². The number of nitrogens with zero attached hydrogens (tertiary/aromatic N) is 1. The number of likely N-dealkylation sites (tertiary alicyclic amines) is 1. The standard InChI is InChI=1S/C21H31N3O4/c1-4-18-7-5-6-12-24(18)19(25)14-28-20(26)17-10-8-16(9-11-17)13-22-21(27)23-15(2)3/h8-11,15,18H,4-7,12-14H2,1-3H3,(H2,22,23,27)/t18-/m1/s1. The summed E-state index contributed by atoms with van der Waals surface area (Å²) in [7, 11) is 0. The Balaban J connectivity index is 1.80. The molecule has 1 aliphatic rings. The summed E-state index contributed by atoms with van der Waals surface area (Å²) in [5.41, 5.74) is 1.25. The molecular weight excluding hydrogens is 358 g/mol. The monoisotopic (exact) mass is 389 g/mol. The number of benzene rings is 1. The van der Waals surface area contributed by atoms with Crippen molar-refractivity contribution < 1.29 is 19.1 Å². The number of hydrogen-bond donors (Lipinski definition) is 2. The molecule has 1 aromatic rings. The van der Waals surface area contributed by atoms with E-state index in [0.29, 0.717) is 12.1 Å². The molecular formula is C21H31N3O4. The Morgan fingerprint density at radius 3 is 2.54 bits per heavy atom. The van der Waals surface area contributed by atoms with E-state index in [1.54, 1.807) is 24.3 Å². The summed E-state index contributed by atoms with van der Waals surface area (Å²) in [6.07, 6.45) is 4.08. The second-order valence-electron chi connectivity index (χ2n) is 7.40. The normalized spacial score (nSPS) is 16.6. The van der Waals surface area contributed by atoms with Crippen LogP contribution in [0.2, 0.25) is 0 Å². The first-order valence-corrected chi connectivity index (χ1v) is 10.0. The van der Waals surface area contributed by atoms with E-state index in [9.17, 15) is 14.4 Å². The first-order chi connectivity index (χ1) is 13.4. The third-order valence-electron chi connectivity index (χ3n) is 4.81. The van der Waals surface area contributed by atoms with Gasteiger partial charge in [0.1, 0.15) is 0 Å². The van der Waals surface area contributed by atoms with Crippen molar-refractivity contribution in [2.24, 2.45) is 0 Å². The number of amides is 3. The molecule has 1 saturated heterocycles. The average Bonchev–Trinajstić information content (AvgIpc) is 2.70. The molecule has 1 fully saturated rings. The van der Waals surface area contributed by atoms with Crippen LogP contribution in [-0.2, 0) is 16.1 Å². The molecule has 0 aromatic heterocycles. The lowest BCUT2D eigenvalue weighted by Gasteiger charge is -2.35. The van der Waals surface area contributed by atoms with Gasteiger partial charge < -0.3 is 20.3 Å². The molecule has 3 amide bonds. The van der Waals surface area contributed by atoms with E-state index in [0.717, 1.165) is 37.8 Å². The second kappa shape index (κ2) is 10.7. The Labute approximate surface area is 166 Å². The van der Waals surface area contributed by atoms with E-state index >= 15 is 0 Å². The van der Waals surface area contributed by atoms with Crippen LogP contribution in [-0.4, -0.2) is 48.0 Å². The van der Waals surface area contributed by atoms with Crippen LogP contribution in [0.3, 0.4) is 0 Å². The Hall–Kier alpha value is -2.57. The fraction of sp³-hybridized carbons (Fsp3) is 0.571. The lowest BCUT2D eigenvalue weighted by atomic mass is 10.00. The maximum absolute atomic E-state index is 12.4. The lowest BCUT2D eigenvalue weighted by Crippen LogP contribution is -2.45. The molecule has 1 aromatic carbocycles. The maximum atomic E-state index is 12.4. The number of urea groups is 1. The Bertz CT molecular complexity index is 673. The number of piperidine rings is 1. The maximum Gasteiger partial charge on any atom is 0.338 e. The zero-order chi connectivity index (χ0) is 20.5. The summed E-state index contributed by atoms with van der Waals surface area (Å²) < 4.78 is 5.21. The van der Waals surface area contributed by atoms with Crippen molar-refractivity contribution in [1.82, 2.24) is 15.5 Å². The minimum absolute atomic E-state index is 0.0670. The third-order valence-corrected chi connectivity index (χ3v) is 4.81. The molecule has 0 aliphatic carbocycles. The summed E-state index contributed by atoms with van der Waals surface area (Å²) in [6, 6.07) is 6.87. The number of ether oxygens (including phenoxy) is 1. The predicted molar refractivity (Wildman–Crippen MR) is 107 cm³/mol. The van der Waals surface area contributed by atoms with Crippen LogP contribution in [0.5, 0.6) is 0 Å². The van der Waals surface area contributed by atoms with Crippen LogP contribution in [0.1, 0.15) is 62.4 Å². The van der Waals surface area contributed by atoms with Crippen molar-refractivity contribution in [2.45, 2.75) is 65.1 Å². The Kier molecular flexibility index (Phi) is 8.29. The SMILES string of the molecule is CC[C@@H]1CCCCN1C(=O)COC(=O)c1ccc(CNC(=O)NC(C)C)cc1. The van der Waals surface area contributed by atoms with Crippen molar-refractivity contribution in [2.75, 3.05) is 13.2 Å². The Morgan fingerprint density at radius 2 is 1.89 bits per heavy atom. The number of esters is 1. The van der Waals surface area contributed by atoms with Crippen molar-refractivity contribution in [3.63, 3.8) is 0 Å². The molecule has 0 bridgehead atoms. The first kappa shape index (κ1) is 21.7. The van der Waals surface area contributed by atoms with Crippen LogP contribution in [0, 0.1) is 0 Å². The zero-order valence-corrected chi connectivity index (χ0v) is 17.0. The molecule has 154 valence electrons. The topological polar surface area (TPSA) is 87.7 Å². The number of rotatable bonds is 7. The molecule has 1 heterocycles. The van der Waals surface area contributed by atoms with Gasteiger partial charge in [-0.1, -0.05) is 19.1 Å². The van der Waals surface area contributed by atoms with E-state index in [4.69, 9.17) is 4.74 Å². The van der Waals surface area contributed by atoms with Crippen LogP contribution >= 0.6 is 0 Å². The summed E-state index contributed by atoms with van der Waals surface area (Å²) in [5, 5.41) is 5.49. The molecule has 7 heteroatoms. The molecule has 1 aliphatic heterocycles. The van der Waals surface area contributed by atoms with Crippen molar-refractivity contribution in [3.8, 4) is 0 Å². The highest BCUT2D eigenvalue weighted by Gasteiger charge is 2.26. The smallest absolute Gasteiger partial charge is 0.338 e. The van der Waals surface area contributed by atoms with E-state index in [2.05, 4.69) is 17.6 Å². The summed E-state index contributed by atoms with van der Waals surface area (Å²) in [5.74, 6) is -0.646. The number of hydrogen-bond acceptors (Lipinski definition) is 4. The number of carbonyl (C=O) groups excluding carboxylic acids is 3. The lowest BCUT2D eigenvalue weighted by molar-refractivity contribution is -0.138. The van der Waals surface area contributed by atoms with Gasteiger partial charge in [-0.15, -0.1) is 0 Å². The van der Waals surface area contributed by atoms with E-state index in [1.807, 2.05) is 18.7 Å². The largest absolute Gasteiger partial charge is 0.452 e. The first-order valence-electron chi connectivity index (χ1n) is 10.0. The molecule has 2 rings (SSSR count). The number of carbonyl (C=O) groups is 3. The molecule has 0 saturated carbocycles. The van der Waals surface area contributed by atoms with Crippen LogP contribution < -0.4 is 10.6 Å². The van der Waals surface area contributed by atoms with Gasteiger partial charge in [-0.2, -0.15) is 0 Å². The highest BCUT2D eigenvalue weighted by molar-refractivity contribution is 5.91. The highest BCUT2D eigenvalue weighted by atomic mass is 16.5. The van der Waals surface area contributed by atoms with Crippen LogP contribution in [0.4, 0.5) is 4.79 Å². The molecule has 0 radical (unpaired) electrons. The van der Waals surface area contributed by atoms with Crippen LogP contribution in [0.15, 0.2) is 24.3 Å². The molecule has 0 spiro atoms. The zero-order valence-electron chi connectivity index (χ0n) is 17.0. The van der Waals surface area contributed by atoms with Gasteiger partial charge in [0.15, 0.2) is 6.61 Å². The fourth-order valence-corrected chi connectivity index (χ4v) is 3.30. The van der Waals surface area contributed by atoms with E-state index < -0.39 is 5.97 Å². The molecule has 2 N–H and O–H groups in total. The molecule has 1 atom stereocenters. The average molecular weight is 389 g/mol. The third kappa shape index (κ3) is 6.55. The van der Waals surface area contributed by atoms with E-state index in [-0.39, 0.29) is 30.6 Å². The van der Waals surface area contributed by atoms with E-state index in [1.165, 1.54) is 0 Å². The highest BCUT2D eigenvalue weighted by Crippen LogP contribution is 2.19. The van der Waals surface area contributed by atoms with Crippen molar-refractivity contribution in [3.05, 3.63) is 35.4 Å². The van der Waals surface area contributed by atoms with Gasteiger partial charge in [0.2, 0.25) is 0 Å². The van der Waals surface area contributed by atoms with Gasteiger partial charge in [0.05, 0.1) is 5.56 Å². The van der Waals surface area contributed by atoms with Gasteiger partial charge >= 0.3 is 12.0 Å². The second-order valence-corrected chi connectivity index (χ2v) is 7.40. The fourth-order valence-electron chi connectivity index (χ4n) is 3.30. The van der Waals surface area contributed by atoms with Crippen LogP contribution in [0.25, 0.3) is 0 Å². The minimum atomic E-state index is -0.518.